The second kappa shape index (κ2) is 7.26. The van der Waals surface area contributed by atoms with Gasteiger partial charge in [0.1, 0.15) is 0 Å². The first-order valence-electron chi connectivity index (χ1n) is 10.4. The van der Waals surface area contributed by atoms with Crippen molar-refractivity contribution in [3.63, 3.8) is 0 Å². The molecule has 0 aromatic heterocycles. The Kier molecular flexibility index (Phi) is 4.55. The molecule has 3 aromatic carbocycles. The molecule has 3 atom stereocenters. The largest absolute Gasteiger partial charge is 0.273 e. The Labute approximate surface area is 175 Å². The van der Waals surface area contributed by atoms with Crippen LogP contribution >= 0.6 is 0 Å². The summed E-state index contributed by atoms with van der Waals surface area (Å²) in [7, 11) is 0. The molecule has 152 valence electrons. The maximum atomic E-state index is 13.6. The molecule has 5 rings (SSSR count). The molecule has 0 bridgehead atoms. The minimum Gasteiger partial charge on any atom is -0.273 e. The van der Waals surface area contributed by atoms with Gasteiger partial charge in [0.25, 0.3) is 5.91 Å². The lowest BCUT2D eigenvalue weighted by Gasteiger charge is -2.29. The van der Waals surface area contributed by atoms with Gasteiger partial charge in [0.05, 0.1) is 23.3 Å². The second-order valence-corrected chi connectivity index (χ2v) is 8.42. The topological polar surface area (TPSA) is 49.9 Å². The molecule has 0 radical (unpaired) electrons. The number of anilines is 2. The fourth-order valence-electron chi connectivity index (χ4n) is 4.68. The van der Waals surface area contributed by atoms with E-state index in [2.05, 4.69) is 13.8 Å². The summed E-state index contributed by atoms with van der Waals surface area (Å²) in [6, 6.07) is 23.0. The summed E-state index contributed by atoms with van der Waals surface area (Å²) in [5.41, 5.74) is 1.51. The number of hydroxylamine groups is 1. The Balaban J connectivity index is 1.55. The molecule has 2 aliphatic rings. The van der Waals surface area contributed by atoms with Crippen LogP contribution in [0.2, 0.25) is 0 Å². The number of benzene rings is 3. The van der Waals surface area contributed by atoms with Gasteiger partial charge < -0.3 is 0 Å². The maximum absolute atomic E-state index is 13.6. The third-order valence-electron chi connectivity index (χ3n) is 5.97. The summed E-state index contributed by atoms with van der Waals surface area (Å²) in [5.74, 6) is -0.615. The molecule has 0 unspecified atom stereocenters. The van der Waals surface area contributed by atoms with E-state index in [-0.39, 0.29) is 17.9 Å². The number of para-hydroxylation sites is 1. The Hall–Kier alpha value is -3.18. The summed E-state index contributed by atoms with van der Waals surface area (Å²) >= 11 is 0. The van der Waals surface area contributed by atoms with Gasteiger partial charge in [-0.05, 0) is 35.9 Å². The number of rotatable bonds is 4. The van der Waals surface area contributed by atoms with E-state index >= 15 is 0 Å². The number of hydrogen-bond acceptors (Lipinski definition) is 4. The summed E-state index contributed by atoms with van der Waals surface area (Å²) < 4.78 is 0. The van der Waals surface area contributed by atoms with E-state index < -0.39 is 12.0 Å². The van der Waals surface area contributed by atoms with Crippen molar-refractivity contribution < 1.29 is 14.4 Å². The van der Waals surface area contributed by atoms with Crippen molar-refractivity contribution in [2.75, 3.05) is 9.96 Å². The number of nitrogens with zero attached hydrogens (tertiary/aromatic N) is 2. The van der Waals surface area contributed by atoms with Crippen molar-refractivity contribution in [1.82, 2.24) is 0 Å². The van der Waals surface area contributed by atoms with Crippen LogP contribution in [0.25, 0.3) is 10.8 Å². The van der Waals surface area contributed by atoms with Crippen molar-refractivity contribution in [2.45, 2.75) is 32.4 Å². The highest BCUT2D eigenvalue weighted by atomic mass is 16.7. The van der Waals surface area contributed by atoms with E-state index in [0.29, 0.717) is 11.6 Å². The molecular formula is C25H24N2O3. The van der Waals surface area contributed by atoms with Crippen LogP contribution in [0.1, 0.15) is 20.3 Å². The highest BCUT2D eigenvalue weighted by Gasteiger charge is 2.59. The first-order valence-corrected chi connectivity index (χ1v) is 10.4. The molecule has 0 aliphatic carbocycles. The molecule has 30 heavy (non-hydrogen) atoms. The minimum atomic E-state index is -0.791. The van der Waals surface area contributed by atoms with E-state index in [1.165, 1.54) is 4.90 Å². The Morgan fingerprint density at radius 2 is 1.57 bits per heavy atom. The standard InChI is InChI=1S/C25H24N2O3/c1-16(2)15-21-22-23(30-27(21)18-11-4-3-5-12-18)25(29)26(24(22)28)20-14-8-10-17-9-6-7-13-19(17)20/h3-14,16,21-23H,15H2,1-2H3/t21-,22-,23-/m0/s1. The van der Waals surface area contributed by atoms with Crippen molar-refractivity contribution in [3.05, 3.63) is 72.8 Å². The van der Waals surface area contributed by atoms with Gasteiger partial charge in [-0.25, -0.2) is 9.96 Å². The lowest BCUT2D eigenvalue weighted by atomic mass is 9.90. The van der Waals surface area contributed by atoms with Crippen LogP contribution in [-0.2, 0) is 14.4 Å². The Morgan fingerprint density at radius 1 is 0.867 bits per heavy atom. The monoisotopic (exact) mass is 400 g/mol. The average Bonchev–Trinajstić information content (AvgIpc) is 3.24. The number of carbonyl (C=O) groups excluding carboxylic acids is 2. The van der Waals surface area contributed by atoms with Gasteiger partial charge in [-0.2, -0.15) is 0 Å². The van der Waals surface area contributed by atoms with E-state index in [4.69, 9.17) is 4.84 Å². The summed E-state index contributed by atoms with van der Waals surface area (Å²) in [6.45, 7) is 4.25. The highest BCUT2D eigenvalue weighted by molar-refractivity contribution is 6.26. The van der Waals surface area contributed by atoms with Gasteiger partial charge >= 0.3 is 0 Å². The molecule has 3 aromatic rings. The number of hydrogen-bond donors (Lipinski definition) is 0. The normalized spacial score (nSPS) is 23.6. The fraction of sp³-hybridized carbons (Fsp3) is 0.280. The van der Waals surface area contributed by atoms with Crippen molar-refractivity contribution in [1.29, 1.82) is 0 Å². The first kappa shape index (κ1) is 18.8. The molecule has 0 N–H and O–H groups in total. The summed E-state index contributed by atoms with van der Waals surface area (Å²) in [5, 5.41) is 3.67. The molecule has 2 amide bonds. The Bertz CT molecular complexity index is 1110. The fourth-order valence-corrected chi connectivity index (χ4v) is 4.68. The predicted octanol–water partition coefficient (Wildman–Crippen LogP) is 4.56. The van der Waals surface area contributed by atoms with Crippen LogP contribution in [0.15, 0.2) is 72.8 Å². The van der Waals surface area contributed by atoms with Crippen molar-refractivity contribution in [2.24, 2.45) is 11.8 Å². The van der Waals surface area contributed by atoms with Crippen LogP contribution in [0.4, 0.5) is 11.4 Å². The number of imide groups is 1. The zero-order valence-corrected chi connectivity index (χ0v) is 17.1. The molecule has 2 saturated heterocycles. The van der Waals surface area contributed by atoms with Gasteiger partial charge in [-0.3, -0.25) is 14.4 Å². The van der Waals surface area contributed by atoms with E-state index in [1.807, 2.05) is 72.8 Å². The number of fused-ring (bicyclic) bond motifs is 2. The molecule has 2 fully saturated rings. The SMILES string of the molecule is CC(C)C[C@H]1[C@@H]2C(=O)N(c3cccc4ccccc34)C(=O)[C@H]2ON1c1ccccc1. The molecule has 0 saturated carbocycles. The van der Waals surface area contributed by atoms with Crippen molar-refractivity contribution in [3.8, 4) is 0 Å². The van der Waals surface area contributed by atoms with Gasteiger partial charge in [0.15, 0.2) is 6.10 Å². The number of amides is 2. The van der Waals surface area contributed by atoms with E-state index in [9.17, 15) is 9.59 Å². The summed E-state index contributed by atoms with van der Waals surface area (Å²) in [4.78, 5) is 34.5. The quantitative estimate of drug-likeness (QED) is 0.602. The molecule has 5 heteroatoms. The zero-order valence-electron chi connectivity index (χ0n) is 17.1. The maximum Gasteiger partial charge on any atom is 0.266 e. The van der Waals surface area contributed by atoms with Crippen LogP contribution in [-0.4, -0.2) is 24.0 Å². The minimum absolute atomic E-state index is 0.176. The van der Waals surface area contributed by atoms with Gasteiger partial charge in [0, 0.05) is 5.39 Å². The lowest BCUT2D eigenvalue weighted by molar-refractivity contribution is -0.126. The molecule has 2 aliphatic heterocycles. The van der Waals surface area contributed by atoms with Crippen LogP contribution in [0.3, 0.4) is 0 Å². The summed E-state index contributed by atoms with van der Waals surface area (Å²) in [6.07, 6.45) is -0.0289. The molecule has 0 spiro atoms. The third-order valence-corrected chi connectivity index (χ3v) is 5.97. The number of carbonyl (C=O) groups is 2. The van der Waals surface area contributed by atoms with Crippen LogP contribution in [0.5, 0.6) is 0 Å². The zero-order chi connectivity index (χ0) is 20.8. The predicted molar refractivity (Wildman–Crippen MR) is 117 cm³/mol. The molecule has 5 nitrogen and oxygen atoms in total. The highest BCUT2D eigenvalue weighted by Crippen LogP contribution is 2.43. The van der Waals surface area contributed by atoms with Crippen LogP contribution in [0, 0.1) is 11.8 Å². The van der Waals surface area contributed by atoms with E-state index in [0.717, 1.165) is 22.9 Å². The average molecular weight is 400 g/mol. The van der Waals surface area contributed by atoms with Gasteiger partial charge in [0.2, 0.25) is 5.91 Å². The second-order valence-electron chi connectivity index (χ2n) is 8.42. The molecule has 2 heterocycles. The van der Waals surface area contributed by atoms with Gasteiger partial charge in [-0.1, -0.05) is 68.4 Å². The first-order chi connectivity index (χ1) is 14.6. The molecular weight excluding hydrogens is 376 g/mol. The van der Waals surface area contributed by atoms with Crippen LogP contribution < -0.4 is 9.96 Å². The lowest BCUT2D eigenvalue weighted by Crippen LogP contribution is -2.41. The smallest absolute Gasteiger partial charge is 0.266 e. The van der Waals surface area contributed by atoms with Crippen molar-refractivity contribution >= 4 is 34.0 Å². The van der Waals surface area contributed by atoms with E-state index in [1.54, 1.807) is 5.06 Å². The third kappa shape index (κ3) is 2.89. The van der Waals surface area contributed by atoms with Gasteiger partial charge in [-0.15, -0.1) is 0 Å². The Morgan fingerprint density at radius 3 is 2.33 bits per heavy atom.